The van der Waals surface area contributed by atoms with Crippen LogP contribution in [0.5, 0.6) is 5.75 Å². The van der Waals surface area contributed by atoms with Crippen molar-refractivity contribution in [1.29, 1.82) is 0 Å². The van der Waals surface area contributed by atoms with E-state index in [1.807, 2.05) is 49.4 Å². The van der Waals surface area contributed by atoms with E-state index in [2.05, 4.69) is 24.4 Å². The predicted molar refractivity (Wildman–Crippen MR) is 101 cm³/mol. The molecule has 0 aromatic heterocycles. The van der Waals surface area contributed by atoms with Gasteiger partial charge >= 0.3 is 0 Å². The van der Waals surface area contributed by atoms with Crippen LogP contribution < -0.4 is 10.1 Å². The minimum atomic E-state index is -0.445. The number of hydrogen-bond acceptors (Lipinski definition) is 3. The van der Waals surface area contributed by atoms with Gasteiger partial charge in [-0.05, 0) is 42.7 Å². The molecule has 2 aromatic carbocycles. The summed E-state index contributed by atoms with van der Waals surface area (Å²) < 4.78 is 5.82. The number of amides is 1. The number of carbonyl (C=O) groups excluding carboxylic acids is 1. The van der Waals surface area contributed by atoms with Crippen LogP contribution in [0.25, 0.3) is 0 Å². The highest BCUT2D eigenvalue weighted by atomic mass is 32.2. The fraction of sp³-hybridized carbons (Fsp3) is 0.350. The van der Waals surface area contributed by atoms with Gasteiger partial charge in [-0.1, -0.05) is 44.2 Å². The van der Waals surface area contributed by atoms with Gasteiger partial charge in [-0.25, -0.2) is 0 Å². The van der Waals surface area contributed by atoms with E-state index in [9.17, 15) is 4.79 Å². The Bertz CT molecular complexity index is 613. The van der Waals surface area contributed by atoms with E-state index in [0.717, 1.165) is 17.9 Å². The second-order valence-electron chi connectivity index (χ2n) is 5.46. The molecule has 0 bridgehead atoms. The Morgan fingerprint density at radius 1 is 1.08 bits per heavy atom. The van der Waals surface area contributed by atoms with Crippen molar-refractivity contribution in [2.24, 2.45) is 0 Å². The third-order valence-electron chi connectivity index (χ3n) is 3.69. The minimum Gasteiger partial charge on any atom is -0.481 e. The molecule has 1 unspecified atom stereocenters. The van der Waals surface area contributed by atoms with Crippen LogP contribution in [0.2, 0.25) is 0 Å². The fourth-order valence-electron chi connectivity index (χ4n) is 2.26. The lowest BCUT2D eigenvalue weighted by Crippen LogP contribution is -2.39. The number of nitrogens with one attached hydrogen (secondary N) is 1. The first-order valence-corrected chi connectivity index (χ1v) is 9.42. The normalized spacial score (nSPS) is 11.8. The SMILES string of the molecule is CCc1ccc(OC(CC)C(=O)NCCSc2ccccc2)cc1. The van der Waals surface area contributed by atoms with Crippen LogP contribution in [0.4, 0.5) is 0 Å². The Balaban J connectivity index is 1.76. The largest absolute Gasteiger partial charge is 0.481 e. The van der Waals surface area contributed by atoms with Gasteiger partial charge in [0.15, 0.2) is 6.10 Å². The summed E-state index contributed by atoms with van der Waals surface area (Å²) in [6.07, 6.45) is 1.20. The molecule has 0 heterocycles. The second-order valence-corrected chi connectivity index (χ2v) is 6.63. The Morgan fingerprint density at radius 3 is 2.42 bits per heavy atom. The molecule has 128 valence electrons. The summed E-state index contributed by atoms with van der Waals surface area (Å²) in [7, 11) is 0. The van der Waals surface area contributed by atoms with E-state index >= 15 is 0 Å². The van der Waals surface area contributed by atoms with Crippen LogP contribution in [0.3, 0.4) is 0 Å². The first-order chi connectivity index (χ1) is 11.7. The third-order valence-corrected chi connectivity index (χ3v) is 4.70. The summed E-state index contributed by atoms with van der Waals surface area (Å²) in [6, 6.07) is 18.1. The van der Waals surface area contributed by atoms with E-state index in [4.69, 9.17) is 4.74 Å². The average molecular weight is 343 g/mol. The molecule has 0 saturated carbocycles. The molecule has 0 spiro atoms. The lowest BCUT2D eigenvalue weighted by atomic mass is 10.2. The number of carbonyl (C=O) groups is 1. The van der Waals surface area contributed by atoms with Crippen LogP contribution in [-0.2, 0) is 11.2 Å². The zero-order chi connectivity index (χ0) is 17.2. The zero-order valence-corrected chi connectivity index (χ0v) is 15.1. The molecular formula is C20H25NO2S. The molecule has 2 aromatic rings. The number of thioether (sulfide) groups is 1. The smallest absolute Gasteiger partial charge is 0.261 e. The van der Waals surface area contributed by atoms with Gasteiger partial charge in [0.2, 0.25) is 0 Å². The van der Waals surface area contributed by atoms with Gasteiger partial charge in [-0.3, -0.25) is 4.79 Å². The minimum absolute atomic E-state index is 0.0503. The monoisotopic (exact) mass is 343 g/mol. The van der Waals surface area contributed by atoms with E-state index in [1.54, 1.807) is 11.8 Å². The number of aryl methyl sites for hydroxylation is 1. The molecule has 0 fully saturated rings. The molecule has 0 aliphatic carbocycles. The quantitative estimate of drug-likeness (QED) is 0.544. The third kappa shape index (κ3) is 5.93. The van der Waals surface area contributed by atoms with Crippen molar-refractivity contribution in [3.63, 3.8) is 0 Å². The van der Waals surface area contributed by atoms with Gasteiger partial charge in [0.25, 0.3) is 5.91 Å². The van der Waals surface area contributed by atoms with Gasteiger partial charge < -0.3 is 10.1 Å². The maximum atomic E-state index is 12.3. The van der Waals surface area contributed by atoms with Crippen molar-refractivity contribution in [2.75, 3.05) is 12.3 Å². The first-order valence-electron chi connectivity index (χ1n) is 8.44. The van der Waals surface area contributed by atoms with Crippen molar-refractivity contribution in [1.82, 2.24) is 5.32 Å². The number of benzene rings is 2. The Labute approximate surface area is 148 Å². The molecule has 1 atom stereocenters. The zero-order valence-electron chi connectivity index (χ0n) is 14.3. The van der Waals surface area contributed by atoms with Crippen molar-refractivity contribution < 1.29 is 9.53 Å². The molecule has 1 N–H and O–H groups in total. The van der Waals surface area contributed by atoms with Crippen LogP contribution in [0.15, 0.2) is 59.5 Å². The second kappa shape index (κ2) is 10.0. The van der Waals surface area contributed by atoms with Gasteiger partial charge in [0, 0.05) is 17.2 Å². The van der Waals surface area contributed by atoms with Crippen LogP contribution >= 0.6 is 11.8 Å². The molecule has 0 saturated heterocycles. The van der Waals surface area contributed by atoms with E-state index < -0.39 is 6.10 Å². The molecule has 24 heavy (non-hydrogen) atoms. The van der Waals surface area contributed by atoms with Crippen molar-refractivity contribution in [2.45, 2.75) is 37.7 Å². The van der Waals surface area contributed by atoms with E-state index in [1.165, 1.54) is 10.5 Å². The highest BCUT2D eigenvalue weighted by Gasteiger charge is 2.17. The topological polar surface area (TPSA) is 38.3 Å². The maximum Gasteiger partial charge on any atom is 0.261 e. The van der Waals surface area contributed by atoms with Crippen molar-refractivity contribution in [3.05, 3.63) is 60.2 Å². The molecule has 2 rings (SSSR count). The molecule has 0 radical (unpaired) electrons. The van der Waals surface area contributed by atoms with Gasteiger partial charge in [0.05, 0.1) is 0 Å². The summed E-state index contributed by atoms with van der Waals surface area (Å²) in [4.78, 5) is 13.5. The fourth-order valence-corrected chi connectivity index (χ4v) is 3.05. The summed E-state index contributed by atoms with van der Waals surface area (Å²) in [5.41, 5.74) is 1.26. The molecule has 0 aliphatic rings. The van der Waals surface area contributed by atoms with E-state index in [-0.39, 0.29) is 5.91 Å². The molecule has 0 aliphatic heterocycles. The summed E-state index contributed by atoms with van der Waals surface area (Å²) in [5, 5.41) is 2.96. The number of ether oxygens (including phenoxy) is 1. The highest BCUT2D eigenvalue weighted by molar-refractivity contribution is 7.99. The number of hydrogen-bond donors (Lipinski definition) is 1. The van der Waals surface area contributed by atoms with Crippen molar-refractivity contribution >= 4 is 17.7 Å². The van der Waals surface area contributed by atoms with Gasteiger partial charge in [-0.2, -0.15) is 0 Å². The van der Waals surface area contributed by atoms with Crippen molar-refractivity contribution in [3.8, 4) is 5.75 Å². The Hall–Kier alpha value is -1.94. The van der Waals surface area contributed by atoms with Gasteiger partial charge in [0.1, 0.15) is 5.75 Å². The molecule has 4 heteroatoms. The van der Waals surface area contributed by atoms with Gasteiger partial charge in [-0.15, -0.1) is 11.8 Å². The Morgan fingerprint density at radius 2 is 1.79 bits per heavy atom. The lowest BCUT2D eigenvalue weighted by Gasteiger charge is -2.17. The first kappa shape index (κ1) is 18.4. The van der Waals surface area contributed by atoms with E-state index in [0.29, 0.717) is 13.0 Å². The maximum absolute atomic E-state index is 12.3. The molecule has 3 nitrogen and oxygen atoms in total. The highest BCUT2D eigenvalue weighted by Crippen LogP contribution is 2.17. The van der Waals surface area contributed by atoms with Crippen LogP contribution in [0, 0.1) is 0 Å². The molecular weight excluding hydrogens is 318 g/mol. The van der Waals surface area contributed by atoms with Crippen LogP contribution in [0.1, 0.15) is 25.8 Å². The summed E-state index contributed by atoms with van der Waals surface area (Å²) in [6.45, 7) is 4.71. The summed E-state index contributed by atoms with van der Waals surface area (Å²) >= 11 is 1.73. The predicted octanol–water partition coefficient (Wildman–Crippen LogP) is 4.31. The van der Waals surface area contributed by atoms with Crippen LogP contribution in [-0.4, -0.2) is 24.3 Å². The Kier molecular flexibility index (Phi) is 7.69. The standard InChI is InChI=1S/C20H25NO2S/c1-3-16-10-12-17(13-11-16)23-19(4-2)20(22)21-14-15-24-18-8-6-5-7-9-18/h5-13,19H,3-4,14-15H2,1-2H3,(H,21,22). The molecule has 1 amide bonds. The average Bonchev–Trinajstić information content (AvgIpc) is 2.64. The number of rotatable bonds is 9. The lowest BCUT2D eigenvalue weighted by molar-refractivity contribution is -0.127. The summed E-state index contributed by atoms with van der Waals surface area (Å²) in [5.74, 6) is 1.54.